The topological polar surface area (TPSA) is 75.3 Å². The Labute approximate surface area is 145 Å². The number of sulfonamides is 1. The van der Waals surface area contributed by atoms with Crippen LogP contribution in [0, 0.1) is 0 Å². The van der Waals surface area contributed by atoms with Crippen LogP contribution in [0.3, 0.4) is 0 Å². The van der Waals surface area contributed by atoms with E-state index in [0.29, 0.717) is 5.69 Å². The summed E-state index contributed by atoms with van der Waals surface area (Å²) in [5, 5.41) is 4.67. The molecule has 25 heavy (non-hydrogen) atoms. The van der Waals surface area contributed by atoms with Crippen LogP contribution in [-0.2, 0) is 27.0 Å². The number of amides is 1. The largest absolute Gasteiger partial charge is 0.326 e. The Morgan fingerprint density at radius 1 is 1.00 bits per heavy atom. The Morgan fingerprint density at radius 3 is 2.68 bits per heavy atom. The van der Waals surface area contributed by atoms with Crippen molar-refractivity contribution in [1.82, 2.24) is 0 Å². The maximum atomic E-state index is 12.6. The van der Waals surface area contributed by atoms with E-state index in [0.717, 1.165) is 27.6 Å². The molecule has 0 fully saturated rings. The molecular formula is C19H16N2O3S. The summed E-state index contributed by atoms with van der Waals surface area (Å²) in [6, 6.07) is 18.4. The lowest BCUT2D eigenvalue weighted by Gasteiger charge is -2.11. The first kappa shape index (κ1) is 15.7. The number of carbonyl (C=O) groups excluding carboxylic acids is 1. The predicted octanol–water partition coefficient (Wildman–Crippen LogP) is 3.28. The molecule has 0 saturated heterocycles. The molecule has 0 aromatic heterocycles. The average Bonchev–Trinajstić information content (AvgIpc) is 2.94. The molecule has 0 atom stereocenters. The number of carbonyl (C=O) groups is 1. The van der Waals surface area contributed by atoms with Gasteiger partial charge >= 0.3 is 0 Å². The molecule has 126 valence electrons. The Balaban J connectivity index is 1.60. The van der Waals surface area contributed by atoms with Crippen LogP contribution in [0.4, 0.5) is 11.4 Å². The fourth-order valence-electron chi connectivity index (χ4n) is 3.13. The lowest BCUT2D eigenvalue weighted by Crippen LogP contribution is -2.15. The van der Waals surface area contributed by atoms with Gasteiger partial charge in [0.25, 0.3) is 0 Å². The molecular weight excluding hydrogens is 336 g/mol. The van der Waals surface area contributed by atoms with Gasteiger partial charge in [0.05, 0.1) is 12.2 Å². The highest BCUT2D eigenvalue weighted by molar-refractivity contribution is 7.91. The van der Waals surface area contributed by atoms with Crippen molar-refractivity contribution in [2.75, 3.05) is 10.0 Å². The number of hydrogen-bond acceptors (Lipinski definition) is 3. The van der Waals surface area contributed by atoms with E-state index in [2.05, 4.69) is 10.0 Å². The Kier molecular flexibility index (Phi) is 3.69. The summed E-state index contributed by atoms with van der Waals surface area (Å²) >= 11 is 0. The first-order valence-electron chi connectivity index (χ1n) is 7.90. The van der Waals surface area contributed by atoms with Crippen LogP contribution >= 0.6 is 0 Å². The Morgan fingerprint density at radius 2 is 1.80 bits per heavy atom. The van der Waals surface area contributed by atoms with Gasteiger partial charge in [0, 0.05) is 11.4 Å². The second-order valence-corrected chi connectivity index (χ2v) is 7.82. The van der Waals surface area contributed by atoms with Crippen LogP contribution in [0.5, 0.6) is 0 Å². The third kappa shape index (κ3) is 3.21. The quantitative estimate of drug-likeness (QED) is 0.757. The standard InChI is InChI=1S/C19H16N2O3S/c22-19-11-15-10-16(8-9-18(15)20-19)21-25(23,24)12-14-6-3-5-13-4-1-2-7-17(13)14/h1-10,21H,11-12H2,(H,20,22). The molecule has 1 aliphatic heterocycles. The fourth-order valence-corrected chi connectivity index (χ4v) is 4.35. The molecule has 0 radical (unpaired) electrons. The highest BCUT2D eigenvalue weighted by Gasteiger charge is 2.19. The minimum atomic E-state index is -3.57. The van der Waals surface area contributed by atoms with Gasteiger partial charge in [0.1, 0.15) is 0 Å². The molecule has 1 amide bonds. The van der Waals surface area contributed by atoms with E-state index < -0.39 is 10.0 Å². The average molecular weight is 352 g/mol. The van der Waals surface area contributed by atoms with E-state index in [1.54, 1.807) is 18.2 Å². The molecule has 1 aliphatic rings. The lowest BCUT2D eigenvalue weighted by molar-refractivity contribution is -0.115. The van der Waals surface area contributed by atoms with Crippen LogP contribution < -0.4 is 10.0 Å². The normalized spacial score (nSPS) is 13.5. The summed E-state index contributed by atoms with van der Waals surface area (Å²) < 4.78 is 27.8. The number of rotatable bonds is 4. The van der Waals surface area contributed by atoms with Gasteiger partial charge in [-0.15, -0.1) is 0 Å². The molecule has 0 saturated carbocycles. The zero-order valence-electron chi connectivity index (χ0n) is 13.3. The lowest BCUT2D eigenvalue weighted by atomic mass is 10.1. The van der Waals surface area contributed by atoms with Crippen LogP contribution in [0.15, 0.2) is 60.7 Å². The maximum absolute atomic E-state index is 12.6. The van der Waals surface area contributed by atoms with Gasteiger partial charge in [-0.3, -0.25) is 9.52 Å². The van der Waals surface area contributed by atoms with Crippen LogP contribution in [0.2, 0.25) is 0 Å². The monoisotopic (exact) mass is 352 g/mol. The van der Waals surface area contributed by atoms with Gasteiger partial charge in [-0.25, -0.2) is 8.42 Å². The summed E-state index contributed by atoms with van der Waals surface area (Å²) in [4.78, 5) is 11.4. The van der Waals surface area contributed by atoms with E-state index >= 15 is 0 Å². The van der Waals surface area contributed by atoms with E-state index in [-0.39, 0.29) is 18.1 Å². The smallest absolute Gasteiger partial charge is 0.236 e. The summed E-state index contributed by atoms with van der Waals surface area (Å²) in [6.45, 7) is 0. The van der Waals surface area contributed by atoms with Crippen molar-refractivity contribution in [3.8, 4) is 0 Å². The molecule has 2 N–H and O–H groups in total. The molecule has 4 rings (SSSR count). The van der Waals surface area contributed by atoms with E-state index in [1.165, 1.54) is 0 Å². The molecule has 0 bridgehead atoms. The second kappa shape index (κ2) is 5.89. The van der Waals surface area contributed by atoms with Gasteiger partial charge in [0.15, 0.2) is 0 Å². The Hall–Kier alpha value is -2.86. The molecule has 6 heteroatoms. The third-order valence-corrected chi connectivity index (χ3v) is 5.47. The molecule has 0 spiro atoms. The SMILES string of the molecule is O=C1Cc2cc(NS(=O)(=O)Cc3cccc4ccccc34)ccc2N1. The van der Waals surface area contributed by atoms with E-state index in [1.807, 2.05) is 42.5 Å². The van der Waals surface area contributed by atoms with Crippen molar-refractivity contribution in [3.05, 3.63) is 71.8 Å². The highest BCUT2D eigenvalue weighted by atomic mass is 32.2. The van der Waals surface area contributed by atoms with Crippen molar-refractivity contribution < 1.29 is 13.2 Å². The summed E-state index contributed by atoms with van der Waals surface area (Å²) in [5.41, 5.74) is 2.76. The summed E-state index contributed by atoms with van der Waals surface area (Å²) in [7, 11) is -3.57. The van der Waals surface area contributed by atoms with Crippen LogP contribution in [0.1, 0.15) is 11.1 Å². The zero-order chi connectivity index (χ0) is 17.4. The predicted molar refractivity (Wildman–Crippen MR) is 99.0 cm³/mol. The van der Waals surface area contributed by atoms with Crippen molar-refractivity contribution >= 4 is 38.1 Å². The number of fused-ring (bicyclic) bond motifs is 2. The molecule has 0 unspecified atom stereocenters. The van der Waals surface area contributed by atoms with E-state index in [9.17, 15) is 13.2 Å². The second-order valence-electron chi connectivity index (χ2n) is 6.10. The maximum Gasteiger partial charge on any atom is 0.236 e. The third-order valence-electron chi connectivity index (χ3n) is 4.23. The summed E-state index contributed by atoms with van der Waals surface area (Å²) in [6.07, 6.45) is 0.272. The van der Waals surface area contributed by atoms with Crippen LogP contribution in [0.25, 0.3) is 10.8 Å². The zero-order valence-corrected chi connectivity index (χ0v) is 14.1. The first-order chi connectivity index (χ1) is 12.0. The fraction of sp³-hybridized carbons (Fsp3) is 0.105. The van der Waals surface area contributed by atoms with Crippen LogP contribution in [-0.4, -0.2) is 14.3 Å². The minimum Gasteiger partial charge on any atom is -0.326 e. The number of hydrogen-bond donors (Lipinski definition) is 2. The molecule has 0 aliphatic carbocycles. The van der Waals surface area contributed by atoms with Crippen molar-refractivity contribution in [3.63, 3.8) is 0 Å². The number of anilines is 2. The van der Waals surface area contributed by atoms with Gasteiger partial charge < -0.3 is 5.32 Å². The van der Waals surface area contributed by atoms with Crippen molar-refractivity contribution in [2.45, 2.75) is 12.2 Å². The van der Waals surface area contributed by atoms with Gasteiger partial charge in [0.2, 0.25) is 15.9 Å². The first-order valence-corrected chi connectivity index (χ1v) is 9.55. The van der Waals surface area contributed by atoms with Crippen molar-refractivity contribution in [1.29, 1.82) is 0 Å². The minimum absolute atomic E-state index is 0.0780. The Bertz CT molecular complexity index is 1090. The molecule has 5 nitrogen and oxygen atoms in total. The number of benzene rings is 3. The number of nitrogens with one attached hydrogen (secondary N) is 2. The summed E-state index contributed by atoms with van der Waals surface area (Å²) in [5.74, 6) is -0.187. The van der Waals surface area contributed by atoms with Crippen molar-refractivity contribution in [2.24, 2.45) is 0 Å². The van der Waals surface area contributed by atoms with Gasteiger partial charge in [-0.1, -0.05) is 42.5 Å². The van der Waals surface area contributed by atoms with Gasteiger partial charge in [-0.2, -0.15) is 0 Å². The highest BCUT2D eigenvalue weighted by Crippen LogP contribution is 2.27. The van der Waals surface area contributed by atoms with E-state index in [4.69, 9.17) is 0 Å². The molecule has 1 heterocycles. The molecule has 3 aromatic carbocycles. The van der Waals surface area contributed by atoms with Gasteiger partial charge in [-0.05, 0) is 40.1 Å². The molecule has 3 aromatic rings.